The highest BCUT2D eigenvalue weighted by atomic mass is 35.5. The number of nitrogens with zero attached hydrogens (tertiary/aromatic N) is 1. The average Bonchev–Trinajstić information content (AvgIpc) is 2.40. The molecule has 1 N–H and O–H groups in total. The van der Waals surface area contributed by atoms with Crippen molar-refractivity contribution in [3.05, 3.63) is 52.3 Å². The summed E-state index contributed by atoms with van der Waals surface area (Å²) in [5, 5.41) is 4.16. The van der Waals surface area contributed by atoms with Gasteiger partial charge in [-0.3, -0.25) is 4.98 Å². The predicted octanol–water partition coefficient (Wildman–Crippen LogP) is 4.01. The molecule has 1 heterocycles. The van der Waals surface area contributed by atoms with E-state index in [0.29, 0.717) is 22.4 Å². The van der Waals surface area contributed by atoms with E-state index in [1.807, 2.05) is 19.2 Å². The largest absolute Gasteiger partial charge is 0.486 e. The molecule has 0 unspecified atom stereocenters. The summed E-state index contributed by atoms with van der Waals surface area (Å²) in [5.74, 6) is 0.556. The lowest BCUT2D eigenvalue weighted by atomic mass is 10.3. The van der Waals surface area contributed by atoms with Gasteiger partial charge in [-0.1, -0.05) is 23.2 Å². The standard InChI is InChI=1S/C13H12Cl2N2O/c1-16-10-4-5-17-11(7-10)8-18-13-6-9(14)2-3-12(13)15/h2-7H,8H2,1H3,(H,16,17). The zero-order valence-electron chi connectivity index (χ0n) is 9.78. The Morgan fingerprint density at radius 1 is 1.22 bits per heavy atom. The Bertz CT molecular complexity index is 546. The van der Waals surface area contributed by atoms with Crippen molar-refractivity contribution < 1.29 is 4.74 Å². The first-order valence-corrected chi connectivity index (χ1v) is 6.15. The third-order valence-electron chi connectivity index (χ3n) is 2.37. The maximum Gasteiger partial charge on any atom is 0.139 e. The van der Waals surface area contributed by atoms with Crippen LogP contribution < -0.4 is 10.1 Å². The Morgan fingerprint density at radius 3 is 2.83 bits per heavy atom. The first kappa shape index (κ1) is 13.0. The Hall–Kier alpha value is -1.45. The molecule has 1 aromatic heterocycles. The summed E-state index contributed by atoms with van der Waals surface area (Å²) in [6.45, 7) is 0.343. The quantitative estimate of drug-likeness (QED) is 0.920. The first-order valence-electron chi connectivity index (χ1n) is 5.39. The van der Waals surface area contributed by atoms with Crippen molar-refractivity contribution >= 4 is 28.9 Å². The van der Waals surface area contributed by atoms with Crippen molar-refractivity contribution in [2.45, 2.75) is 6.61 Å². The van der Waals surface area contributed by atoms with Crippen LogP contribution in [-0.4, -0.2) is 12.0 Å². The van der Waals surface area contributed by atoms with Gasteiger partial charge in [0.25, 0.3) is 0 Å². The smallest absolute Gasteiger partial charge is 0.139 e. The molecule has 0 spiro atoms. The van der Waals surface area contributed by atoms with E-state index in [4.69, 9.17) is 27.9 Å². The van der Waals surface area contributed by atoms with Crippen LogP contribution >= 0.6 is 23.2 Å². The summed E-state index contributed by atoms with van der Waals surface area (Å²) >= 11 is 11.9. The van der Waals surface area contributed by atoms with E-state index in [2.05, 4.69) is 10.3 Å². The lowest BCUT2D eigenvalue weighted by molar-refractivity contribution is 0.301. The third kappa shape index (κ3) is 3.28. The summed E-state index contributed by atoms with van der Waals surface area (Å²) in [5.41, 5.74) is 1.80. The predicted molar refractivity (Wildman–Crippen MR) is 74.6 cm³/mol. The fourth-order valence-electron chi connectivity index (χ4n) is 1.45. The van der Waals surface area contributed by atoms with E-state index in [-0.39, 0.29) is 0 Å². The van der Waals surface area contributed by atoms with Gasteiger partial charge in [0, 0.05) is 30.0 Å². The number of halogens is 2. The van der Waals surface area contributed by atoms with E-state index >= 15 is 0 Å². The maximum atomic E-state index is 6.00. The van der Waals surface area contributed by atoms with Crippen molar-refractivity contribution in [1.82, 2.24) is 4.98 Å². The second-order valence-corrected chi connectivity index (χ2v) is 4.49. The van der Waals surface area contributed by atoms with Crippen LogP contribution in [0.1, 0.15) is 5.69 Å². The van der Waals surface area contributed by atoms with Gasteiger partial charge in [-0.15, -0.1) is 0 Å². The van der Waals surface area contributed by atoms with Crippen LogP contribution in [0.4, 0.5) is 5.69 Å². The van der Waals surface area contributed by atoms with Crippen molar-refractivity contribution in [2.75, 3.05) is 12.4 Å². The number of benzene rings is 1. The minimum Gasteiger partial charge on any atom is -0.486 e. The molecule has 0 amide bonds. The number of hydrogen-bond donors (Lipinski definition) is 1. The van der Waals surface area contributed by atoms with Gasteiger partial charge in [-0.05, 0) is 24.3 Å². The average molecular weight is 283 g/mol. The molecule has 1 aromatic carbocycles. The van der Waals surface area contributed by atoms with Crippen molar-refractivity contribution in [3.63, 3.8) is 0 Å². The van der Waals surface area contributed by atoms with Gasteiger partial charge in [0.2, 0.25) is 0 Å². The number of hydrogen-bond acceptors (Lipinski definition) is 3. The first-order chi connectivity index (χ1) is 8.69. The number of nitrogens with one attached hydrogen (secondary N) is 1. The number of rotatable bonds is 4. The molecule has 0 fully saturated rings. The summed E-state index contributed by atoms with van der Waals surface area (Å²) in [4.78, 5) is 4.21. The fraction of sp³-hybridized carbons (Fsp3) is 0.154. The normalized spacial score (nSPS) is 10.2. The summed E-state index contributed by atoms with van der Waals surface area (Å²) in [7, 11) is 1.85. The van der Waals surface area contributed by atoms with E-state index in [9.17, 15) is 0 Å². The molecule has 5 heteroatoms. The minimum absolute atomic E-state index is 0.343. The van der Waals surface area contributed by atoms with Crippen LogP contribution in [0, 0.1) is 0 Å². The monoisotopic (exact) mass is 282 g/mol. The molecule has 0 aliphatic heterocycles. The topological polar surface area (TPSA) is 34.2 Å². The van der Waals surface area contributed by atoms with Gasteiger partial charge >= 0.3 is 0 Å². The molecule has 2 rings (SSSR count). The number of ether oxygens (including phenoxy) is 1. The Kier molecular flexibility index (Phi) is 4.28. The van der Waals surface area contributed by atoms with Crippen LogP contribution in [-0.2, 0) is 6.61 Å². The summed E-state index contributed by atoms with van der Waals surface area (Å²) < 4.78 is 5.60. The molecule has 0 radical (unpaired) electrons. The Labute approximate surface area is 116 Å². The molecule has 0 aliphatic carbocycles. The molecular formula is C13H12Cl2N2O. The van der Waals surface area contributed by atoms with E-state index < -0.39 is 0 Å². The zero-order chi connectivity index (χ0) is 13.0. The molecule has 0 atom stereocenters. The second-order valence-electron chi connectivity index (χ2n) is 3.65. The highest BCUT2D eigenvalue weighted by Crippen LogP contribution is 2.28. The minimum atomic E-state index is 0.343. The molecule has 0 aliphatic rings. The van der Waals surface area contributed by atoms with Gasteiger partial charge < -0.3 is 10.1 Å². The van der Waals surface area contributed by atoms with E-state index in [1.165, 1.54) is 0 Å². The Morgan fingerprint density at radius 2 is 2.06 bits per heavy atom. The SMILES string of the molecule is CNc1ccnc(COc2cc(Cl)ccc2Cl)c1. The van der Waals surface area contributed by atoms with Gasteiger partial charge in [-0.2, -0.15) is 0 Å². The molecule has 94 valence electrons. The number of anilines is 1. The number of pyridine rings is 1. The van der Waals surface area contributed by atoms with Crippen LogP contribution in [0.15, 0.2) is 36.5 Å². The maximum absolute atomic E-state index is 6.00. The molecule has 3 nitrogen and oxygen atoms in total. The molecule has 18 heavy (non-hydrogen) atoms. The molecule has 0 saturated carbocycles. The number of aromatic nitrogens is 1. The van der Waals surface area contributed by atoms with Gasteiger partial charge in [0.1, 0.15) is 12.4 Å². The lowest BCUT2D eigenvalue weighted by Gasteiger charge is -2.08. The second kappa shape index (κ2) is 5.94. The van der Waals surface area contributed by atoms with Crippen LogP contribution in [0.3, 0.4) is 0 Å². The van der Waals surface area contributed by atoms with Gasteiger partial charge in [0.15, 0.2) is 0 Å². The summed E-state index contributed by atoms with van der Waals surface area (Å²) in [6, 6.07) is 8.91. The summed E-state index contributed by atoms with van der Waals surface area (Å²) in [6.07, 6.45) is 1.73. The third-order valence-corrected chi connectivity index (χ3v) is 2.92. The fourth-order valence-corrected chi connectivity index (χ4v) is 1.79. The van der Waals surface area contributed by atoms with Gasteiger partial charge in [-0.25, -0.2) is 0 Å². The highest BCUT2D eigenvalue weighted by molar-refractivity contribution is 6.34. The zero-order valence-corrected chi connectivity index (χ0v) is 11.3. The van der Waals surface area contributed by atoms with Crippen molar-refractivity contribution in [1.29, 1.82) is 0 Å². The van der Waals surface area contributed by atoms with Crippen molar-refractivity contribution in [2.24, 2.45) is 0 Å². The van der Waals surface area contributed by atoms with E-state index in [0.717, 1.165) is 11.4 Å². The van der Waals surface area contributed by atoms with Crippen LogP contribution in [0.5, 0.6) is 5.75 Å². The lowest BCUT2D eigenvalue weighted by Crippen LogP contribution is -2.00. The Balaban J connectivity index is 2.08. The molecular weight excluding hydrogens is 271 g/mol. The van der Waals surface area contributed by atoms with Crippen LogP contribution in [0.25, 0.3) is 0 Å². The highest BCUT2D eigenvalue weighted by Gasteiger charge is 2.04. The van der Waals surface area contributed by atoms with Crippen molar-refractivity contribution in [3.8, 4) is 5.75 Å². The molecule has 0 bridgehead atoms. The van der Waals surface area contributed by atoms with Gasteiger partial charge in [0.05, 0.1) is 10.7 Å². The van der Waals surface area contributed by atoms with Crippen LogP contribution in [0.2, 0.25) is 10.0 Å². The van der Waals surface area contributed by atoms with E-state index in [1.54, 1.807) is 24.4 Å². The molecule has 0 saturated heterocycles. The molecule has 2 aromatic rings.